The van der Waals surface area contributed by atoms with E-state index in [1.807, 2.05) is 13.0 Å². The largest absolute Gasteiger partial charge is 0.486 e. The molecule has 1 unspecified atom stereocenters. The van der Waals surface area contributed by atoms with E-state index in [0.29, 0.717) is 43.4 Å². The van der Waals surface area contributed by atoms with E-state index >= 15 is 0 Å². The highest BCUT2D eigenvalue weighted by atomic mass is 79.9. The van der Waals surface area contributed by atoms with Crippen LogP contribution in [-0.4, -0.2) is 25.7 Å². The van der Waals surface area contributed by atoms with E-state index in [0.717, 1.165) is 10.9 Å². The summed E-state index contributed by atoms with van der Waals surface area (Å²) in [5.74, 6) is 1.51. The maximum Gasteiger partial charge on any atom is 0.224 e. The zero-order chi connectivity index (χ0) is 14.5. The Morgan fingerprint density at radius 3 is 2.65 bits per heavy atom. The first-order chi connectivity index (χ1) is 9.63. The molecule has 0 fully saturated rings. The van der Waals surface area contributed by atoms with Crippen molar-refractivity contribution in [3.63, 3.8) is 0 Å². The van der Waals surface area contributed by atoms with Crippen molar-refractivity contribution in [3.8, 4) is 11.5 Å². The van der Waals surface area contributed by atoms with Gasteiger partial charge in [-0.3, -0.25) is 4.79 Å². The molecule has 1 heterocycles. The molecule has 1 aromatic carbocycles. The van der Waals surface area contributed by atoms with Gasteiger partial charge in [-0.15, -0.1) is 0 Å². The van der Waals surface area contributed by atoms with Crippen molar-refractivity contribution in [2.24, 2.45) is 11.7 Å². The van der Waals surface area contributed by atoms with Crippen LogP contribution < -0.4 is 20.5 Å². The summed E-state index contributed by atoms with van der Waals surface area (Å²) in [5, 5.41) is 2.88. The van der Waals surface area contributed by atoms with Gasteiger partial charge in [-0.25, -0.2) is 0 Å². The van der Waals surface area contributed by atoms with Gasteiger partial charge in [0, 0.05) is 23.0 Å². The van der Waals surface area contributed by atoms with E-state index < -0.39 is 0 Å². The number of halogens is 1. The lowest BCUT2D eigenvalue weighted by Crippen LogP contribution is -2.22. The fourth-order valence-corrected chi connectivity index (χ4v) is 2.44. The summed E-state index contributed by atoms with van der Waals surface area (Å²) < 4.78 is 11.8. The average molecular weight is 343 g/mol. The molecular formula is C14H19BrN2O3. The zero-order valence-corrected chi connectivity index (χ0v) is 13.0. The minimum atomic E-state index is -0.0420. The molecule has 0 saturated carbocycles. The first-order valence-electron chi connectivity index (χ1n) is 6.73. The molecule has 1 aliphatic heterocycles. The Bertz CT molecular complexity index is 490. The third-order valence-electron chi connectivity index (χ3n) is 3.29. The molecule has 0 saturated heterocycles. The number of carbonyl (C=O) groups excluding carboxylic acids is 1. The minimum Gasteiger partial charge on any atom is -0.486 e. The molecule has 3 N–H and O–H groups in total. The normalized spacial score (nSPS) is 14.8. The Morgan fingerprint density at radius 1 is 1.40 bits per heavy atom. The first kappa shape index (κ1) is 15.1. The second kappa shape index (κ2) is 6.95. The summed E-state index contributed by atoms with van der Waals surface area (Å²) in [6, 6.07) is 3.59. The lowest BCUT2D eigenvalue weighted by atomic mass is 10.0. The quantitative estimate of drug-likeness (QED) is 0.862. The smallest absolute Gasteiger partial charge is 0.224 e. The van der Waals surface area contributed by atoms with Gasteiger partial charge in [0.25, 0.3) is 0 Å². The molecule has 6 heteroatoms. The lowest BCUT2D eigenvalue weighted by molar-refractivity contribution is -0.117. The molecule has 0 radical (unpaired) electrons. The Hall–Kier alpha value is -1.27. The van der Waals surface area contributed by atoms with Crippen LogP contribution in [0.2, 0.25) is 0 Å². The van der Waals surface area contributed by atoms with Crippen molar-refractivity contribution < 1.29 is 14.3 Å². The second-order valence-corrected chi connectivity index (χ2v) is 5.59. The van der Waals surface area contributed by atoms with Crippen LogP contribution in [0.25, 0.3) is 0 Å². The topological polar surface area (TPSA) is 73.6 Å². The van der Waals surface area contributed by atoms with Crippen LogP contribution in [0, 0.1) is 5.92 Å². The predicted molar refractivity (Wildman–Crippen MR) is 81.2 cm³/mol. The Kier molecular flexibility index (Phi) is 5.25. The standard InChI is InChI=1S/C14H19BrN2O3/c1-2-9(8-16)5-14(18)17-11-7-13-12(6-10(11)15)19-3-4-20-13/h6-7,9H,2-5,8,16H2,1H3,(H,17,18). The number of rotatable bonds is 5. The van der Waals surface area contributed by atoms with Crippen LogP contribution in [0.3, 0.4) is 0 Å². The maximum absolute atomic E-state index is 12.0. The van der Waals surface area contributed by atoms with Gasteiger partial charge in [0.05, 0.1) is 5.69 Å². The molecule has 1 aliphatic rings. The molecule has 0 spiro atoms. The Labute approximate surface area is 126 Å². The molecule has 0 aromatic heterocycles. The molecular weight excluding hydrogens is 324 g/mol. The fraction of sp³-hybridized carbons (Fsp3) is 0.500. The van der Waals surface area contributed by atoms with E-state index in [2.05, 4.69) is 21.2 Å². The second-order valence-electron chi connectivity index (χ2n) is 4.74. The van der Waals surface area contributed by atoms with Gasteiger partial charge in [0.2, 0.25) is 5.91 Å². The summed E-state index contributed by atoms with van der Waals surface area (Å²) in [6.07, 6.45) is 1.32. The molecule has 1 atom stereocenters. The fourth-order valence-electron chi connectivity index (χ4n) is 2.02. The first-order valence-corrected chi connectivity index (χ1v) is 7.52. The monoisotopic (exact) mass is 342 g/mol. The van der Waals surface area contributed by atoms with Gasteiger partial charge in [-0.2, -0.15) is 0 Å². The van der Waals surface area contributed by atoms with E-state index in [9.17, 15) is 4.79 Å². The summed E-state index contributed by atoms with van der Waals surface area (Å²) in [7, 11) is 0. The van der Waals surface area contributed by atoms with E-state index in [4.69, 9.17) is 15.2 Å². The summed E-state index contributed by atoms with van der Waals surface area (Å²) in [5.41, 5.74) is 6.31. The predicted octanol–water partition coefficient (Wildman–Crippen LogP) is 2.53. The SMILES string of the molecule is CCC(CN)CC(=O)Nc1cc2c(cc1Br)OCCO2. The van der Waals surface area contributed by atoms with Crippen LogP contribution in [0.5, 0.6) is 11.5 Å². The highest BCUT2D eigenvalue weighted by Gasteiger charge is 2.17. The number of ether oxygens (including phenoxy) is 2. The number of anilines is 1. The Balaban J connectivity index is 2.07. The number of benzene rings is 1. The van der Waals surface area contributed by atoms with Gasteiger partial charge in [-0.05, 0) is 28.4 Å². The number of hydrogen-bond donors (Lipinski definition) is 2. The molecule has 110 valence electrons. The van der Waals surface area contributed by atoms with Crippen molar-refractivity contribution in [2.75, 3.05) is 25.1 Å². The van der Waals surface area contributed by atoms with Crippen LogP contribution in [0.15, 0.2) is 16.6 Å². The minimum absolute atomic E-state index is 0.0420. The van der Waals surface area contributed by atoms with Crippen LogP contribution in [0.4, 0.5) is 5.69 Å². The van der Waals surface area contributed by atoms with Crippen molar-refractivity contribution >= 4 is 27.5 Å². The molecule has 2 rings (SSSR count). The average Bonchev–Trinajstić information content (AvgIpc) is 2.45. The van der Waals surface area contributed by atoms with Crippen LogP contribution in [-0.2, 0) is 4.79 Å². The van der Waals surface area contributed by atoms with Gasteiger partial charge >= 0.3 is 0 Å². The summed E-state index contributed by atoms with van der Waals surface area (Å²) in [4.78, 5) is 12.0. The van der Waals surface area contributed by atoms with E-state index in [1.165, 1.54) is 0 Å². The number of amides is 1. The highest BCUT2D eigenvalue weighted by Crippen LogP contribution is 2.38. The number of nitrogens with one attached hydrogen (secondary N) is 1. The molecule has 0 aliphatic carbocycles. The van der Waals surface area contributed by atoms with E-state index in [1.54, 1.807) is 6.07 Å². The molecule has 1 aromatic rings. The van der Waals surface area contributed by atoms with Crippen molar-refractivity contribution in [3.05, 3.63) is 16.6 Å². The van der Waals surface area contributed by atoms with Crippen molar-refractivity contribution in [1.82, 2.24) is 0 Å². The molecule has 5 nitrogen and oxygen atoms in total. The number of nitrogens with two attached hydrogens (primary N) is 1. The van der Waals surface area contributed by atoms with Crippen LogP contribution >= 0.6 is 15.9 Å². The lowest BCUT2D eigenvalue weighted by Gasteiger charge is -2.20. The molecule has 20 heavy (non-hydrogen) atoms. The van der Waals surface area contributed by atoms with E-state index in [-0.39, 0.29) is 11.8 Å². The molecule has 1 amide bonds. The summed E-state index contributed by atoms with van der Waals surface area (Å²) in [6.45, 7) is 3.62. The van der Waals surface area contributed by atoms with Crippen LogP contribution in [0.1, 0.15) is 19.8 Å². The van der Waals surface area contributed by atoms with Crippen molar-refractivity contribution in [2.45, 2.75) is 19.8 Å². The highest BCUT2D eigenvalue weighted by molar-refractivity contribution is 9.10. The van der Waals surface area contributed by atoms with Gasteiger partial charge < -0.3 is 20.5 Å². The van der Waals surface area contributed by atoms with Gasteiger partial charge in [0.1, 0.15) is 13.2 Å². The summed E-state index contributed by atoms with van der Waals surface area (Å²) >= 11 is 3.43. The zero-order valence-electron chi connectivity index (χ0n) is 11.4. The van der Waals surface area contributed by atoms with Gasteiger partial charge in [-0.1, -0.05) is 13.3 Å². The third-order valence-corrected chi connectivity index (χ3v) is 3.95. The van der Waals surface area contributed by atoms with Gasteiger partial charge in [0.15, 0.2) is 11.5 Å². The third kappa shape index (κ3) is 3.64. The molecule has 0 bridgehead atoms. The van der Waals surface area contributed by atoms with Crippen molar-refractivity contribution in [1.29, 1.82) is 0 Å². The number of hydrogen-bond acceptors (Lipinski definition) is 4. The maximum atomic E-state index is 12.0. The number of carbonyl (C=O) groups is 1. The Morgan fingerprint density at radius 2 is 2.05 bits per heavy atom. The number of fused-ring (bicyclic) bond motifs is 1.